The molecule has 0 N–H and O–H groups in total. The Hall–Kier alpha value is -5.86. The third-order valence-electron chi connectivity index (χ3n) is 8.84. The molecule has 0 bridgehead atoms. The van der Waals surface area contributed by atoms with Gasteiger partial charge in [-0.3, -0.25) is 0 Å². The smallest absolute Gasteiger partial charge is 0.136 e. The Labute approximate surface area is 255 Å². The van der Waals surface area contributed by atoms with Gasteiger partial charge in [-0.1, -0.05) is 127 Å². The number of fused-ring (bicyclic) bond motifs is 6. The van der Waals surface area contributed by atoms with Crippen LogP contribution < -0.4 is 0 Å². The van der Waals surface area contributed by atoms with Crippen molar-refractivity contribution in [1.29, 1.82) is 0 Å². The molecule has 2 heterocycles. The lowest BCUT2D eigenvalue weighted by atomic mass is 9.97. The molecule has 0 amide bonds. The van der Waals surface area contributed by atoms with Gasteiger partial charge >= 0.3 is 0 Å². The van der Waals surface area contributed by atoms with Crippen molar-refractivity contribution in [2.75, 3.05) is 0 Å². The summed E-state index contributed by atoms with van der Waals surface area (Å²) in [5, 5.41) is 4.87. The topological polar surface area (TPSA) is 18.1 Å². The highest BCUT2D eigenvalue weighted by Gasteiger charge is 2.16. The minimum Gasteiger partial charge on any atom is -0.456 e. The van der Waals surface area contributed by atoms with Gasteiger partial charge < -0.3 is 8.98 Å². The van der Waals surface area contributed by atoms with Crippen LogP contribution in [-0.2, 0) is 0 Å². The van der Waals surface area contributed by atoms with Crippen molar-refractivity contribution < 1.29 is 4.42 Å². The molecule has 2 aromatic heterocycles. The Morgan fingerprint density at radius 2 is 0.886 bits per heavy atom. The Kier molecular flexibility index (Phi) is 5.54. The van der Waals surface area contributed by atoms with Crippen LogP contribution in [0, 0.1) is 0 Å². The van der Waals surface area contributed by atoms with Crippen LogP contribution in [0.25, 0.3) is 82.8 Å². The lowest BCUT2D eigenvalue weighted by Gasteiger charge is -2.11. The van der Waals surface area contributed by atoms with Crippen LogP contribution in [-0.4, -0.2) is 4.57 Å². The van der Waals surface area contributed by atoms with Crippen molar-refractivity contribution in [2.45, 2.75) is 0 Å². The third-order valence-corrected chi connectivity index (χ3v) is 8.84. The molecule has 2 heteroatoms. The van der Waals surface area contributed by atoms with Crippen molar-refractivity contribution >= 4 is 43.7 Å². The second-order valence-corrected chi connectivity index (χ2v) is 11.3. The summed E-state index contributed by atoms with van der Waals surface area (Å²) in [5.41, 5.74) is 12.7. The third kappa shape index (κ3) is 3.82. The van der Waals surface area contributed by atoms with Crippen LogP contribution in [0.4, 0.5) is 0 Å². The van der Waals surface area contributed by atoms with Gasteiger partial charge in [0.05, 0.1) is 11.0 Å². The van der Waals surface area contributed by atoms with Crippen LogP contribution >= 0.6 is 0 Å². The number of aromatic nitrogens is 1. The van der Waals surface area contributed by atoms with E-state index in [9.17, 15) is 0 Å². The molecule has 0 aliphatic rings. The van der Waals surface area contributed by atoms with Crippen LogP contribution in [0.3, 0.4) is 0 Å². The van der Waals surface area contributed by atoms with Crippen molar-refractivity contribution in [3.05, 3.63) is 164 Å². The van der Waals surface area contributed by atoms with Crippen molar-refractivity contribution in [3.8, 4) is 39.1 Å². The molecule has 0 aliphatic heterocycles. The van der Waals surface area contributed by atoms with Crippen molar-refractivity contribution in [3.63, 3.8) is 0 Å². The number of furan rings is 1. The zero-order valence-electron chi connectivity index (χ0n) is 23.9. The first kappa shape index (κ1) is 24.7. The summed E-state index contributed by atoms with van der Waals surface area (Å²) in [6, 6.07) is 58.4. The summed E-state index contributed by atoms with van der Waals surface area (Å²) in [5.74, 6) is 0. The molecule has 0 unspecified atom stereocenters. The second-order valence-electron chi connectivity index (χ2n) is 11.3. The number of benzene rings is 7. The van der Waals surface area contributed by atoms with E-state index < -0.39 is 0 Å². The number of rotatable bonds is 4. The molecular weight excluding hydrogens is 534 g/mol. The molecular formula is C42H27NO. The van der Waals surface area contributed by atoms with Gasteiger partial charge in [0.2, 0.25) is 0 Å². The molecule has 0 spiro atoms. The van der Waals surface area contributed by atoms with E-state index in [0.29, 0.717) is 0 Å². The quantitative estimate of drug-likeness (QED) is 0.209. The molecule has 44 heavy (non-hydrogen) atoms. The first-order chi connectivity index (χ1) is 21.8. The molecule has 9 rings (SSSR count). The Morgan fingerprint density at radius 1 is 0.341 bits per heavy atom. The van der Waals surface area contributed by atoms with Gasteiger partial charge in [0.25, 0.3) is 0 Å². The van der Waals surface area contributed by atoms with Gasteiger partial charge in [-0.15, -0.1) is 0 Å². The van der Waals surface area contributed by atoms with Gasteiger partial charge in [0, 0.05) is 27.2 Å². The van der Waals surface area contributed by atoms with E-state index in [1.54, 1.807) is 0 Å². The first-order valence-electron chi connectivity index (χ1n) is 15.0. The standard InChI is InChI=1S/C42H27NO/c1-2-10-30(11-3-1)33-14-8-17-38-41(33)35-12-4-6-16-37(35)43(38)32-26-24-29(25-27-32)28-20-22-31(23-21-28)34-15-9-19-40-42(34)36-13-5-7-18-39(36)44-40/h1-27H. The van der Waals surface area contributed by atoms with Gasteiger partial charge in [-0.25, -0.2) is 0 Å². The molecule has 0 saturated carbocycles. The molecule has 7 aromatic carbocycles. The summed E-state index contributed by atoms with van der Waals surface area (Å²) < 4.78 is 8.52. The minimum absolute atomic E-state index is 0.921. The number of nitrogens with zero attached hydrogens (tertiary/aromatic N) is 1. The highest BCUT2D eigenvalue weighted by molar-refractivity contribution is 6.16. The number of para-hydroxylation sites is 2. The summed E-state index contributed by atoms with van der Waals surface area (Å²) >= 11 is 0. The monoisotopic (exact) mass is 561 g/mol. The van der Waals surface area contributed by atoms with Gasteiger partial charge in [-0.2, -0.15) is 0 Å². The summed E-state index contributed by atoms with van der Waals surface area (Å²) in [4.78, 5) is 0. The fourth-order valence-electron chi connectivity index (χ4n) is 6.82. The fourth-order valence-corrected chi connectivity index (χ4v) is 6.82. The molecule has 2 nitrogen and oxygen atoms in total. The maximum Gasteiger partial charge on any atom is 0.136 e. The van der Waals surface area contributed by atoms with E-state index in [4.69, 9.17) is 4.42 Å². The van der Waals surface area contributed by atoms with E-state index in [1.807, 2.05) is 18.2 Å². The SMILES string of the molecule is c1ccc(-c2cccc3c2c2ccccc2n3-c2ccc(-c3ccc(-c4cccc5oc6ccccc6c45)cc3)cc2)cc1. The van der Waals surface area contributed by atoms with Crippen LogP contribution in [0.15, 0.2) is 168 Å². The maximum absolute atomic E-state index is 6.13. The Balaban J connectivity index is 1.11. The molecule has 0 aliphatic carbocycles. The van der Waals surface area contributed by atoms with E-state index >= 15 is 0 Å². The van der Waals surface area contributed by atoms with Gasteiger partial charge in [0.1, 0.15) is 11.2 Å². The Bertz CT molecular complexity index is 2460. The molecule has 9 aromatic rings. The predicted molar refractivity (Wildman–Crippen MR) is 184 cm³/mol. The summed E-state index contributed by atoms with van der Waals surface area (Å²) in [7, 11) is 0. The largest absolute Gasteiger partial charge is 0.456 e. The van der Waals surface area contributed by atoms with E-state index in [2.05, 4.69) is 150 Å². The molecule has 0 fully saturated rings. The average Bonchev–Trinajstić information content (AvgIpc) is 3.65. The molecule has 0 atom stereocenters. The lowest BCUT2D eigenvalue weighted by molar-refractivity contribution is 0.669. The molecule has 0 saturated heterocycles. The highest BCUT2D eigenvalue weighted by atomic mass is 16.3. The van der Waals surface area contributed by atoms with Crippen LogP contribution in [0.5, 0.6) is 0 Å². The van der Waals surface area contributed by atoms with Crippen LogP contribution in [0.1, 0.15) is 0 Å². The van der Waals surface area contributed by atoms with E-state index in [-0.39, 0.29) is 0 Å². The maximum atomic E-state index is 6.13. The predicted octanol–water partition coefficient (Wildman–Crippen LogP) is 11.7. The normalized spacial score (nSPS) is 11.6. The van der Waals surface area contributed by atoms with E-state index in [1.165, 1.54) is 60.6 Å². The average molecular weight is 562 g/mol. The summed E-state index contributed by atoms with van der Waals surface area (Å²) in [6.07, 6.45) is 0. The molecule has 0 radical (unpaired) electrons. The zero-order chi connectivity index (χ0) is 29.0. The number of hydrogen-bond donors (Lipinski definition) is 0. The van der Waals surface area contributed by atoms with E-state index in [0.717, 1.165) is 22.2 Å². The number of hydrogen-bond acceptors (Lipinski definition) is 1. The van der Waals surface area contributed by atoms with Crippen molar-refractivity contribution in [2.24, 2.45) is 0 Å². The molecule has 206 valence electrons. The lowest BCUT2D eigenvalue weighted by Crippen LogP contribution is -1.93. The minimum atomic E-state index is 0.921. The first-order valence-corrected chi connectivity index (χ1v) is 15.0. The Morgan fingerprint density at radius 3 is 1.68 bits per heavy atom. The van der Waals surface area contributed by atoms with Gasteiger partial charge in [0.15, 0.2) is 0 Å². The fraction of sp³-hybridized carbons (Fsp3) is 0. The summed E-state index contributed by atoms with van der Waals surface area (Å²) in [6.45, 7) is 0. The van der Waals surface area contributed by atoms with Gasteiger partial charge in [-0.05, 0) is 69.8 Å². The zero-order valence-corrected chi connectivity index (χ0v) is 23.9. The second kappa shape index (κ2) is 9.86. The van der Waals surface area contributed by atoms with Crippen molar-refractivity contribution in [1.82, 2.24) is 4.57 Å². The van der Waals surface area contributed by atoms with Crippen LogP contribution in [0.2, 0.25) is 0 Å². The highest BCUT2D eigenvalue weighted by Crippen LogP contribution is 2.39.